The average molecular weight is 458 g/mol. The average Bonchev–Trinajstić information content (AvgIpc) is 2.91. The minimum Gasteiger partial charge on any atom is -0.353 e. The maximum Gasteiger partial charge on any atom is 0.251 e. The minimum atomic E-state index is -0.0471. The maximum atomic E-state index is 12.6. The molecule has 1 fully saturated rings. The van der Waals surface area contributed by atoms with Crippen molar-refractivity contribution in [3.63, 3.8) is 0 Å². The Morgan fingerprint density at radius 1 is 0.824 bits per heavy atom. The Hall–Kier alpha value is -3.74. The molecule has 0 aliphatic carbocycles. The lowest BCUT2D eigenvalue weighted by atomic mass is 10.1. The SMILES string of the molecule is O=C(NCCCCCC(=O)N1CCN(c2cc(-c3ccccc3)ncn2)CC1)c1ccccc1. The van der Waals surface area contributed by atoms with Gasteiger partial charge in [-0.15, -0.1) is 0 Å². The molecule has 0 saturated carbocycles. The maximum absolute atomic E-state index is 12.6. The predicted octanol–water partition coefficient (Wildman–Crippen LogP) is 3.78. The van der Waals surface area contributed by atoms with Gasteiger partial charge >= 0.3 is 0 Å². The largest absolute Gasteiger partial charge is 0.353 e. The Balaban J connectivity index is 1.14. The van der Waals surface area contributed by atoms with E-state index < -0.39 is 0 Å². The summed E-state index contributed by atoms with van der Waals surface area (Å²) < 4.78 is 0. The molecule has 1 saturated heterocycles. The van der Waals surface area contributed by atoms with Crippen LogP contribution in [0.1, 0.15) is 36.0 Å². The van der Waals surface area contributed by atoms with Crippen LogP contribution in [0.15, 0.2) is 73.1 Å². The molecular weight excluding hydrogens is 426 g/mol. The lowest BCUT2D eigenvalue weighted by Gasteiger charge is -2.35. The van der Waals surface area contributed by atoms with Gasteiger partial charge in [-0.25, -0.2) is 9.97 Å². The molecule has 1 aromatic heterocycles. The van der Waals surface area contributed by atoms with E-state index in [-0.39, 0.29) is 11.8 Å². The van der Waals surface area contributed by atoms with Crippen LogP contribution in [-0.2, 0) is 4.79 Å². The standard InChI is InChI=1S/C27H31N5O2/c33-26(14-8-3-9-15-28-27(34)23-12-6-2-7-13-23)32-18-16-31(17-19-32)25-20-24(29-21-30-25)22-10-4-1-5-11-22/h1-2,4-7,10-13,20-21H,3,8-9,14-19H2,(H,28,34). The van der Waals surface area contributed by atoms with Crippen molar-refractivity contribution in [2.24, 2.45) is 0 Å². The van der Waals surface area contributed by atoms with Crippen LogP contribution in [0.5, 0.6) is 0 Å². The number of amides is 2. The monoisotopic (exact) mass is 457 g/mol. The van der Waals surface area contributed by atoms with E-state index in [2.05, 4.69) is 20.2 Å². The lowest BCUT2D eigenvalue weighted by Crippen LogP contribution is -2.49. The molecule has 0 atom stereocenters. The summed E-state index contributed by atoms with van der Waals surface area (Å²) in [5.41, 5.74) is 2.65. The summed E-state index contributed by atoms with van der Waals surface area (Å²) in [5.74, 6) is 1.06. The number of carbonyl (C=O) groups excluding carboxylic acids is 2. The molecule has 7 heteroatoms. The fourth-order valence-corrected chi connectivity index (χ4v) is 4.10. The van der Waals surface area contributed by atoms with Gasteiger partial charge in [0.05, 0.1) is 5.69 Å². The van der Waals surface area contributed by atoms with Gasteiger partial charge in [0.25, 0.3) is 5.91 Å². The van der Waals surface area contributed by atoms with Crippen molar-refractivity contribution >= 4 is 17.6 Å². The van der Waals surface area contributed by atoms with E-state index in [1.807, 2.05) is 59.5 Å². The number of unbranched alkanes of at least 4 members (excludes halogenated alkanes) is 2. The van der Waals surface area contributed by atoms with Crippen LogP contribution >= 0.6 is 0 Å². The van der Waals surface area contributed by atoms with Gasteiger partial charge in [0, 0.05) is 56.3 Å². The third kappa shape index (κ3) is 6.41. The van der Waals surface area contributed by atoms with Crippen LogP contribution in [0.2, 0.25) is 0 Å². The predicted molar refractivity (Wildman–Crippen MR) is 134 cm³/mol. The Labute approximate surface area is 200 Å². The van der Waals surface area contributed by atoms with E-state index in [4.69, 9.17) is 0 Å². The van der Waals surface area contributed by atoms with E-state index >= 15 is 0 Å². The second kappa shape index (κ2) is 11.9. The summed E-state index contributed by atoms with van der Waals surface area (Å²) in [6.45, 7) is 3.57. The summed E-state index contributed by atoms with van der Waals surface area (Å²) in [6, 6.07) is 21.3. The number of hydrogen-bond acceptors (Lipinski definition) is 5. The van der Waals surface area contributed by atoms with Crippen LogP contribution in [0.4, 0.5) is 5.82 Å². The second-order valence-electron chi connectivity index (χ2n) is 8.43. The van der Waals surface area contributed by atoms with Crippen LogP contribution in [0.25, 0.3) is 11.3 Å². The molecule has 2 heterocycles. The van der Waals surface area contributed by atoms with Crippen molar-refractivity contribution in [2.45, 2.75) is 25.7 Å². The van der Waals surface area contributed by atoms with Crippen LogP contribution in [-0.4, -0.2) is 59.4 Å². The van der Waals surface area contributed by atoms with Gasteiger partial charge in [-0.1, -0.05) is 55.0 Å². The number of nitrogens with one attached hydrogen (secondary N) is 1. The number of hydrogen-bond donors (Lipinski definition) is 1. The topological polar surface area (TPSA) is 78.4 Å². The first-order valence-electron chi connectivity index (χ1n) is 11.9. The third-order valence-electron chi connectivity index (χ3n) is 6.07. The molecule has 176 valence electrons. The highest BCUT2D eigenvalue weighted by molar-refractivity contribution is 5.94. The quantitative estimate of drug-likeness (QED) is 0.495. The van der Waals surface area contributed by atoms with Gasteiger partial charge in [-0.05, 0) is 25.0 Å². The van der Waals surface area contributed by atoms with Crippen molar-refractivity contribution in [1.29, 1.82) is 0 Å². The molecule has 0 radical (unpaired) electrons. The summed E-state index contributed by atoms with van der Waals surface area (Å²) in [7, 11) is 0. The smallest absolute Gasteiger partial charge is 0.251 e. The first kappa shape index (κ1) is 23.4. The summed E-state index contributed by atoms with van der Waals surface area (Å²) in [4.78, 5) is 37.7. The fraction of sp³-hybridized carbons (Fsp3) is 0.333. The van der Waals surface area contributed by atoms with E-state index in [1.165, 1.54) is 0 Å². The second-order valence-corrected chi connectivity index (χ2v) is 8.43. The fourth-order valence-electron chi connectivity index (χ4n) is 4.10. The zero-order valence-electron chi connectivity index (χ0n) is 19.4. The number of piperazine rings is 1. The molecule has 1 aliphatic heterocycles. The molecule has 7 nitrogen and oxygen atoms in total. The number of rotatable bonds is 9. The summed E-state index contributed by atoms with van der Waals surface area (Å²) in [6.07, 6.45) is 4.80. The molecule has 1 aliphatic rings. The molecule has 4 rings (SSSR count). The number of carbonyl (C=O) groups is 2. The highest BCUT2D eigenvalue weighted by Crippen LogP contribution is 2.21. The van der Waals surface area contributed by atoms with Gasteiger partial charge in [0.1, 0.15) is 12.1 Å². The summed E-state index contributed by atoms with van der Waals surface area (Å²) >= 11 is 0. The van der Waals surface area contributed by atoms with E-state index in [9.17, 15) is 9.59 Å². The molecular formula is C27H31N5O2. The molecule has 34 heavy (non-hydrogen) atoms. The first-order valence-corrected chi connectivity index (χ1v) is 11.9. The highest BCUT2D eigenvalue weighted by Gasteiger charge is 2.22. The first-order chi connectivity index (χ1) is 16.7. The number of nitrogens with zero attached hydrogens (tertiary/aromatic N) is 4. The zero-order valence-corrected chi connectivity index (χ0v) is 19.4. The Bertz CT molecular complexity index is 1070. The van der Waals surface area contributed by atoms with Gasteiger partial charge in [-0.2, -0.15) is 0 Å². The van der Waals surface area contributed by atoms with Crippen LogP contribution < -0.4 is 10.2 Å². The van der Waals surface area contributed by atoms with E-state index in [0.717, 1.165) is 49.4 Å². The van der Waals surface area contributed by atoms with Crippen molar-refractivity contribution in [1.82, 2.24) is 20.2 Å². The normalized spacial score (nSPS) is 13.5. The number of anilines is 1. The summed E-state index contributed by atoms with van der Waals surface area (Å²) in [5, 5.41) is 2.94. The highest BCUT2D eigenvalue weighted by atomic mass is 16.2. The molecule has 0 unspecified atom stereocenters. The Morgan fingerprint density at radius 3 is 2.26 bits per heavy atom. The molecule has 0 bridgehead atoms. The third-order valence-corrected chi connectivity index (χ3v) is 6.07. The van der Waals surface area contributed by atoms with Crippen LogP contribution in [0.3, 0.4) is 0 Å². The van der Waals surface area contributed by atoms with E-state index in [1.54, 1.807) is 18.5 Å². The molecule has 3 aromatic rings. The van der Waals surface area contributed by atoms with Crippen molar-refractivity contribution < 1.29 is 9.59 Å². The van der Waals surface area contributed by atoms with E-state index in [0.29, 0.717) is 31.6 Å². The van der Waals surface area contributed by atoms with Gasteiger partial charge in [-0.3, -0.25) is 9.59 Å². The Kier molecular flexibility index (Phi) is 8.22. The van der Waals surface area contributed by atoms with Gasteiger partial charge in [0.2, 0.25) is 5.91 Å². The molecule has 2 amide bonds. The van der Waals surface area contributed by atoms with Crippen molar-refractivity contribution in [3.8, 4) is 11.3 Å². The Morgan fingerprint density at radius 2 is 1.53 bits per heavy atom. The number of aromatic nitrogens is 2. The van der Waals surface area contributed by atoms with Crippen LogP contribution in [0, 0.1) is 0 Å². The lowest BCUT2D eigenvalue weighted by molar-refractivity contribution is -0.131. The van der Waals surface area contributed by atoms with Gasteiger partial charge in [0.15, 0.2) is 0 Å². The molecule has 2 aromatic carbocycles. The van der Waals surface area contributed by atoms with Crippen molar-refractivity contribution in [3.05, 3.63) is 78.6 Å². The minimum absolute atomic E-state index is 0.0471. The van der Waals surface area contributed by atoms with Crippen molar-refractivity contribution in [2.75, 3.05) is 37.6 Å². The molecule has 0 spiro atoms. The molecule has 1 N–H and O–H groups in total. The number of benzene rings is 2. The van der Waals surface area contributed by atoms with Gasteiger partial charge < -0.3 is 15.1 Å². The zero-order chi connectivity index (χ0) is 23.6.